The molecule has 5 nitrogen and oxygen atoms in total. The number of hydrogen-bond donors (Lipinski definition) is 1. The van der Waals surface area contributed by atoms with Crippen LogP contribution >= 0.6 is 0 Å². The van der Waals surface area contributed by atoms with Crippen molar-refractivity contribution in [2.45, 2.75) is 43.9 Å². The minimum atomic E-state index is -0.436. The molecule has 1 saturated heterocycles. The van der Waals surface area contributed by atoms with Crippen molar-refractivity contribution in [3.05, 3.63) is 0 Å². The van der Waals surface area contributed by atoms with Crippen LogP contribution in [0.1, 0.15) is 25.7 Å². The van der Waals surface area contributed by atoms with Gasteiger partial charge in [0.1, 0.15) is 0 Å². The minimum absolute atomic E-state index is 0.0576. The van der Waals surface area contributed by atoms with Gasteiger partial charge in [-0.2, -0.15) is 0 Å². The predicted octanol–water partition coefficient (Wildman–Crippen LogP) is 0.130. The summed E-state index contributed by atoms with van der Waals surface area (Å²) in [4.78, 5) is 14.2. The molecule has 0 bridgehead atoms. The van der Waals surface area contributed by atoms with Crippen LogP contribution in [-0.2, 0) is 14.3 Å². The van der Waals surface area contributed by atoms with E-state index in [0.717, 1.165) is 19.3 Å². The zero-order valence-electron chi connectivity index (χ0n) is 10.4. The fourth-order valence-electron chi connectivity index (χ4n) is 2.78. The number of hydrogen-bond acceptors (Lipinski definition) is 4. The maximum Gasteiger partial charge on any atom is 0.239 e. The lowest BCUT2D eigenvalue weighted by molar-refractivity contribution is -0.145. The van der Waals surface area contributed by atoms with E-state index < -0.39 is 6.04 Å². The first-order valence-corrected chi connectivity index (χ1v) is 6.40. The highest BCUT2D eigenvalue weighted by atomic mass is 16.5. The lowest BCUT2D eigenvalue weighted by Gasteiger charge is -2.38. The largest absolute Gasteiger partial charge is 0.385 e. The fourth-order valence-corrected chi connectivity index (χ4v) is 2.78. The van der Waals surface area contributed by atoms with E-state index in [1.54, 1.807) is 7.11 Å². The summed E-state index contributed by atoms with van der Waals surface area (Å²) >= 11 is 0. The van der Waals surface area contributed by atoms with Gasteiger partial charge >= 0.3 is 0 Å². The average Bonchev–Trinajstić information content (AvgIpc) is 2.82. The lowest BCUT2D eigenvalue weighted by Crippen LogP contribution is -2.55. The van der Waals surface area contributed by atoms with E-state index in [2.05, 4.69) is 0 Å². The maximum absolute atomic E-state index is 12.2. The molecule has 3 unspecified atom stereocenters. The van der Waals surface area contributed by atoms with Crippen molar-refractivity contribution >= 4 is 5.91 Å². The first kappa shape index (κ1) is 12.8. The number of rotatable bonds is 4. The zero-order valence-corrected chi connectivity index (χ0v) is 10.4. The summed E-state index contributed by atoms with van der Waals surface area (Å²) in [5, 5.41) is 0. The minimum Gasteiger partial charge on any atom is -0.385 e. The van der Waals surface area contributed by atoms with Crippen LogP contribution in [0.15, 0.2) is 0 Å². The Kier molecular flexibility index (Phi) is 4.36. The summed E-state index contributed by atoms with van der Waals surface area (Å²) in [5.41, 5.74) is 5.90. The van der Waals surface area contributed by atoms with E-state index in [1.165, 1.54) is 0 Å². The van der Waals surface area contributed by atoms with Crippen molar-refractivity contribution in [1.82, 2.24) is 4.90 Å². The number of amides is 1. The van der Waals surface area contributed by atoms with Gasteiger partial charge in [0.25, 0.3) is 0 Å². The Morgan fingerprint density at radius 2 is 2.41 bits per heavy atom. The van der Waals surface area contributed by atoms with Gasteiger partial charge in [0.15, 0.2) is 0 Å². The van der Waals surface area contributed by atoms with Crippen LogP contribution < -0.4 is 5.73 Å². The molecular weight excluding hydrogens is 220 g/mol. The van der Waals surface area contributed by atoms with Crippen LogP contribution in [-0.4, -0.2) is 55.9 Å². The summed E-state index contributed by atoms with van der Waals surface area (Å²) in [6.07, 6.45) is 4.09. The second kappa shape index (κ2) is 5.80. The lowest BCUT2D eigenvalue weighted by atomic mass is 10.1. The van der Waals surface area contributed by atoms with Crippen molar-refractivity contribution in [3.63, 3.8) is 0 Å². The number of ether oxygens (including phenoxy) is 2. The standard InChI is InChI=1S/C12H22N2O3/c1-16-7-5-9(13)12(15)14-6-8-17-11-4-2-3-10(11)14/h9-11H,2-8,13H2,1H3. The van der Waals surface area contributed by atoms with Crippen molar-refractivity contribution < 1.29 is 14.3 Å². The molecule has 98 valence electrons. The molecule has 1 saturated carbocycles. The van der Waals surface area contributed by atoms with Gasteiger partial charge in [-0.1, -0.05) is 0 Å². The van der Waals surface area contributed by atoms with Gasteiger partial charge in [-0.3, -0.25) is 4.79 Å². The predicted molar refractivity (Wildman–Crippen MR) is 63.6 cm³/mol. The Labute approximate surface area is 102 Å². The number of nitrogens with zero attached hydrogens (tertiary/aromatic N) is 1. The highest BCUT2D eigenvalue weighted by molar-refractivity contribution is 5.82. The van der Waals surface area contributed by atoms with Crippen LogP contribution in [0.3, 0.4) is 0 Å². The second-order valence-corrected chi connectivity index (χ2v) is 4.83. The molecule has 3 atom stereocenters. The quantitative estimate of drug-likeness (QED) is 0.761. The smallest absolute Gasteiger partial charge is 0.239 e. The maximum atomic E-state index is 12.2. The van der Waals surface area contributed by atoms with Crippen LogP contribution in [0.2, 0.25) is 0 Å². The van der Waals surface area contributed by atoms with Crippen molar-refractivity contribution in [2.24, 2.45) is 5.73 Å². The van der Waals surface area contributed by atoms with E-state index in [-0.39, 0.29) is 18.1 Å². The highest BCUT2D eigenvalue weighted by Crippen LogP contribution is 2.29. The molecule has 0 radical (unpaired) electrons. The Morgan fingerprint density at radius 3 is 3.18 bits per heavy atom. The molecule has 0 aromatic rings. The van der Waals surface area contributed by atoms with Crippen molar-refractivity contribution in [1.29, 1.82) is 0 Å². The normalized spacial score (nSPS) is 30.1. The molecule has 0 spiro atoms. The van der Waals surface area contributed by atoms with Crippen molar-refractivity contribution in [2.75, 3.05) is 26.9 Å². The third kappa shape index (κ3) is 2.78. The Hall–Kier alpha value is -0.650. The molecule has 17 heavy (non-hydrogen) atoms. The number of fused-ring (bicyclic) bond motifs is 1. The SMILES string of the molecule is COCCC(N)C(=O)N1CCOC2CCCC21. The van der Waals surface area contributed by atoms with Crippen LogP contribution in [0.5, 0.6) is 0 Å². The van der Waals surface area contributed by atoms with E-state index in [4.69, 9.17) is 15.2 Å². The third-order valence-electron chi connectivity index (χ3n) is 3.72. The number of morpholine rings is 1. The van der Waals surface area contributed by atoms with E-state index in [1.807, 2.05) is 4.90 Å². The van der Waals surface area contributed by atoms with Crippen LogP contribution in [0.25, 0.3) is 0 Å². The van der Waals surface area contributed by atoms with E-state index in [9.17, 15) is 4.79 Å². The summed E-state index contributed by atoms with van der Waals surface area (Å²) in [5.74, 6) is 0.0576. The molecule has 1 aliphatic carbocycles. The van der Waals surface area contributed by atoms with Gasteiger partial charge in [0.2, 0.25) is 5.91 Å². The Balaban J connectivity index is 1.93. The Bertz CT molecular complexity index is 272. The Morgan fingerprint density at radius 1 is 1.59 bits per heavy atom. The number of carbonyl (C=O) groups excluding carboxylic acids is 1. The van der Waals surface area contributed by atoms with Crippen molar-refractivity contribution in [3.8, 4) is 0 Å². The molecule has 2 aliphatic rings. The summed E-state index contributed by atoms with van der Waals surface area (Å²) < 4.78 is 10.6. The molecule has 2 rings (SSSR count). The summed E-state index contributed by atoms with van der Waals surface area (Å²) in [6.45, 7) is 1.86. The zero-order chi connectivity index (χ0) is 12.3. The number of methoxy groups -OCH3 is 1. The van der Waals surface area contributed by atoms with Gasteiger partial charge in [-0.05, 0) is 25.7 Å². The van der Waals surface area contributed by atoms with Gasteiger partial charge in [0.05, 0.1) is 24.8 Å². The van der Waals surface area contributed by atoms with Crippen LogP contribution in [0.4, 0.5) is 0 Å². The topological polar surface area (TPSA) is 64.8 Å². The molecule has 2 N–H and O–H groups in total. The van der Waals surface area contributed by atoms with Gasteiger partial charge < -0.3 is 20.1 Å². The number of nitrogens with two attached hydrogens (primary N) is 1. The summed E-state index contributed by atoms with van der Waals surface area (Å²) in [7, 11) is 1.62. The first-order valence-electron chi connectivity index (χ1n) is 6.40. The molecule has 0 aromatic carbocycles. The van der Waals surface area contributed by atoms with Gasteiger partial charge in [-0.25, -0.2) is 0 Å². The molecule has 2 fully saturated rings. The van der Waals surface area contributed by atoms with E-state index >= 15 is 0 Å². The first-order chi connectivity index (χ1) is 8.24. The summed E-state index contributed by atoms with van der Waals surface area (Å²) in [6, 6.07) is -0.181. The fraction of sp³-hybridized carbons (Fsp3) is 0.917. The van der Waals surface area contributed by atoms with Gasteiger partial charge in [-0.15, -0.1) is 0 Å². The average molecular weight is 242 g/mol. The van der Waals surface area contributed by atoms with Crippen LogP contribution in [0, 0.1) is 0 Å². The molecule has 1 heterocycles. The molecule has 5 heteroatoms. The number of carbonyl (C=O) groups is 1. The van der Waals surface area contributed by atoms with E-state index in [0.29, 0.717) is 26.2 Å². The molecular formula is C12H22N2O3. The molecule has 1 amide bonds. The molecule has 1 aliphatic heterocycles. The second-order valence-electron chi connectivity index (χ2n) is 4.83. The highest BCUT2D eigenvalue weighted by Gasteiger charge is 2.39. The molecule has 0 aromatic heterocycles. The monoisotopic (exact) mass is 242 g/mol. The van der Waals surface area contributed by atoms with Gasteiger partial charge in [0, 0.05) is 20.3 Å². The third-order valence-corrected chi connectivity index (χ3v) is 3.72.